The van der Waals surface area contributed by atoms with Crippen molar-refractivity contribution >= 4 is 28.6 Å². The Hall–Kier alpha value is -2.44. The molecule has 0 bridgehead atoms. The Bertz CT molecular complexity index is 883. The maximum Gasteiger partial charge on any atom is 0.265 e. The quantitative estimate of drug-likeness (QED) is 0.537. The van der Waals surface area contributed by atoms with Crippen molar-refractivity contribution in [1.29, 1.82) is 0 Å². The number of ether oxygens (including phenoxy) is 1. The third kappa shape index (κ3) is 4.20. The van der Waals surface area contributed by atoms with Gasteiger partial charge in [-0.2, -0.15) is 0 Å². The van der Waals surface area contributed by atoms with Crippen LogP contribution < -0.4 is 4.74 Å². The minimum absolute atomic E-state index is 0.00482. The van der Waals surface area contributed by atoms with Crippen LogP contribution in [0.5, 0.6) is 5.75 Å². The van der Waals surface area contributed by atoms with Crippen LogP contribution in [-0.2, 0) is 6.54 Å². The van der Waals surface area contributed by atoms with Crippen LogP contribution in [-0.4, -0.2) is 29.4 Å². The fraction of sp³-hybridized carbons (Fsp3) is 0.200. The van der Waals surface area contributed by atoms with Crippen LogP contribution in [0.3, 0.4) is 0 Å². The van der Waals surface area contributed by atoms with Crippen LogP contribution in [0.4, 0.5) is 0 Å². The van der Waals surface area contributed by atoms with Crippen molar-refractivity contribution in [3.63, 3.8) is 0 Å². The highest BCUT2D eigenvalue weighted by Crippen LogP contribution is 2.31. The van der Waals surface area contributed by atoms with Gasteiger partial charge in [0.2, 0.25) is 0 Å². The second-order valence-corrected chi connectivity index (χ2v) is 7.76. The highest BCUT2D eigenvalue weighted by atomic mass is 32.1. The predicted molar refractivity (Wildman–Crippen MR) is 108 cm³/mol. The summed E-state index contributed by atoms with van der Waals surface area (Å²) in [4.78, 5) is 20.9. The zero-order valence-corrected chi connectivity index (χ0v) is 16.4. The number of carbonyl (C=O) groups excluding carboxylic acids is 1. The van der Waals surface area contributed by atoms with Crippen LogP contribution in [0.1, 0.15) is 20.9 Å². The Labute approximate surface area is 161 Å². The van der Waals surface area contributed by atoms with Gasteiger partial charge < -0.3 is 9.64 Å². The number of thiophene rings is 1. The number of nitrogens with zero attached hydrogens (tertiary/aromatic N) is 2. The smallest absolute Gasteiger partial charge is 0.265 e. The van der Waals surface area contributed by atoms with E-state index in [1.165, 1.54) is 11.3 Å². The van der Waals surface area contributed by atoms with Crippen molar-refractivity contribution in [2.75, 3.05) is 13.7 Å². The van der Waals surface area contributed by atoms with E-state index in [0.29, 0.717) is 18.0 Å². The molecule has 1 aromatic carbocycles. The summed E-state index contributed by atoms with van der Waals surface area (Å²) in [5.74, 6) is 0.788. The summed E-state index contributed by atoms with van der Waals surface area (Å²) in [6.45, 7) is 6.54. The second kappa shape index (κ2) is 8.29. The number of hydrogen-bond acceptors (Lipinski definition) is 5. The van der Waals surface area contributed by atoms with Crippen molar-refractivity contribution in [1.82, 2.24) is 9.88 Å². The standard InChI is InChI=1S/C20H20N2O2S2/c1-4-11-24-16-9-7-15(8-10-16)13-22(3)20(23)18-14(2)21-19(26-18)17-6-5-12-25-17/h4-10,12H,1,11,13H2,2-3H3. The van der Waals surface area contributed by atoms with E-state index in [2.05, 4.69) is 11.6 Å². The number of benzene rings is 1. The fourth-order valence-corrected chi connectivity index (χ4v) is 4.32. The minimum Gasteiger partial charge on any atom is -0.490 e. The Morgan fingerprint density at radius 2 is 2.08 bits per heavy atom. The van der Waals surface area contributed by atoms with Crippen molar-refractivity contribution in [3.8, 4) is 15.6 Å². The van der Waals surface area contributed by atoms with Gasteiger partial charge in [0, 0.05) is 13.6 Å². The first-order chi connectivity index (χ1) is 12.6. The monoisotopic (exact) mass is 384 g/mol. The van der Waals surface area contributed by atoms with Gasteiger partial charge in [-0.1, -0.05) is 30.9 Å². The number of amides is 1. The number of rotatable bonds is 7. The topological polar surface area (TPSA) is 42.4 Å². The van der Waals surface area contributed by atoms with E-state index in [9.17, 15) is 4.79 Å². The zero-order chi connectivity index (χ0) is 18.5. The predicted octanol–water partition coefficient (Wildman–Crippen LogP) is 5.02. The van der Waals surface area contributed by atoms with Gasteiger partial charge in [0.1, 0.15) is 22.2 Å². The molecule has 6 heteroatoms. The third-order valence-corrected chi connectivity index (χ3v) is 5.96. The molecule has 0 unspecified atom stereocenters. The molecule has 0 aliphatic rings. The summed E-state index contributed by atoms with van der Waals surface area (Å²) in [5, 5.41) is 2.92. The van der Waals surface area contributed by atoms with Gasteiger partial charge in [-0.25, -0.2) is 4.98 Å². The molecule has 0 aliphatic carbocycles. The van der Waals surface area contributed by atoms with Crippen molar-refractivity contribution in [2.24, 2.45) is 0 Å². The molecular weight excluding hydrogens is 364 g/mol. The molecule has 0 radical (unpaired) electrons. The SMILES string of the molecule is C=CCOc1ccc(CN(C)C(=O)c2sc(-c3cccs3)nc2C)cc1. The summed E-state index contributed by atoms with van der Waals surface area (Å²) < 4.78 is 5.48. The molecule has 1 amide bonds. The van der Waals surface area contributed by atoms with Gasteiger partial charge >= 0.3 is 0 Å². The van der Waals surface area contributed by atoms with Crippen LogP contribution >= 0.6 is 22.7 Å². The van der Waals surface area contributed by atoms with Crippen LogP contribution in [0.25, 0.3) is 9.88 Å². The highest BCUT2D eigenvalue weighted by Gasteiger charge is 2.20. The zero-order valence-electron chi connectivity index (χ0n) is 14.8. The number of hydrogen-bond donors (Lipinski definition) is 0. The van der Waals surface area contributed by atoms with Gasteiger partial charge in [-0.3, -0.25) is 4.79 Å². The van der Waals surface area contributed by atoms with Crippen molar-refractivity contribution in [2.45, 2.75) is 13.5 Å². The molecule has 0 aliphatic heterocycles. The Kier molecular flexibility index (Phi) is 5.85. The molecule has 2 aromatic heterocycles. The van der Waals surface area contributed by atoms with E-state index < -0.39 is 0 Å². The molecule has 0 atom stereocenters. The average Bonchev–Trinajstić information content (AvgIpc) is 3.30. The second-order valence-electron chi connectivity index (χ2n) is 5.82. The first-order valence-electron chi connectivity index (χ1n) is 8.18. The van der Waals surface area contributed by atoms with E-state index in [4.69, 9.17) is 4.74 Å². The molecule has 134 valence electrons. The minimum atomic E-state index is -0.00482. The molecule has 0 spiro atoms. The lowest BCUT2D eigenvalue weighted by atomic mass is 10.2. The lowest BCUT2D eigenvalue weighted by Crippen LogP contribution is -2.26. The number of carbonyl (C=O) groups is 1. The van der Waals surface area contributed by atoms with Gasteiger partial charge in [-0.05, 0) is 36.1 Å². The Balaban J connectivity index is 1.69. The highest BCUT2D eigenvalue weighted by molar-refractivity contribution is 7.22. The summed E-state index contributed by atoms with van der Waals surface area (Å²) in [6, 6.07) is 11.8. The summed E-state index contributed by atoms with van der Waals surface area (Å²) in [7, 11) is 1.81. The van der Waals surface area contributed by atoms with E-state index in [0.717, 1.165) is 26.9 Å². The van der Waals surface area contributed by atoms with E-state index >= 15 is 0 Å². The lowest BCUT2D eigenvalue weighted by Gasteiger charge is -2.17. The Morgan fingerprint density at radius 1 is 1.31 bits per heavy atom. The first-order valence-corrected chi connectivity index (χ1v) is 9.87. The summed E-state index contributed by atoms with van der Waals surface area (Å²) in [6.07, 6.45) is 1.71. The average molecular weight is 385 g/mol. The molecule has 26 heavy (non-hydrogen) atoms. The lowest BCUT2D eigenvalue weighted by molar-refractivity contribution is 0.0789. The number of aromatic nitrogens is 1. The molecule has 0 N–H and O–H groups in total. The van der Waals surface area contributed by atoms with Gasteiger partial charge in [0.05, 0.1) is 10.6 Å². The van der Waals surface area contributed by atoms with E-state index in [1.807, 2.05) is 55.7 Å². The normalized spacial score (nSPS) is 10.5. The number of thiazole rings is 1. The van der Waals surface area contributed by atoms with Crippen LogP contribution in [0.2, 0.25) is 0 Å². The van der Waals surface area contributed by atoms with Gasteiger partial charge in [-0.15, -0.1) is 22.7 Å². The van der Waals surface area contributed by atoms with Crippen molar-refractivity contribution < 1.29 is 9.53 Å². The Morgan fingerprint density at radius 3 is 2.73 bits per heavy atom. The molecular formula is C20H20N2O2S2. The van der Waals surface area contributed by atoms with Crippen molar-refractivity contribution in [3.05, 3.63) is 70.6 Å². The molecule has 3 rings (SSSR count). The largest absolute Gasteiger partial charge is 0.490 e. The maximum absolute atomic E-state index is 12.8. The third-order valence-electron chi connectivity index (χ3n) is 3.78. The van der Waals surface area contributed by atoms with Crippen LogP contribution in [0.15, 0.2) is 54.4 Å². The van der Waals surface area contributed by atoms with Gasteiger partial charge in [0.15, 0.2) is 0 Å². The fourth-order valence-electron chi connectivity index (χ4n) is 2.47. The van der Waals surface area contributed by atoms with E-state index in [-0.39, 0.29) is 5.91 Å². The molecule has 3 aromatic rings. The summed E-state index contributed by atoms with van der Waals surface area (Å²) >= 11 is 3.09. The number of aryl methyl sites for hydroxylation is 1. The summed E-state index contributed by atoms with van der Waals surface area (Å²) in [5.41, 5.74) is 1.83. The van der Waals surface area contributed by atoms with Gasteiger partial charge in [0.25, 0.3) is 5.91 Å². The molecule has 4 nitrogen and oxygen atoms in total. The molecule has 0 saturated heterocycles. The molecule has 0 fully saturated rings. The maximum atomic E-state index is 12.8. The molecule has 0 saturated carbocycles. The first kappa shape index (κ1) is 18.4. The van der Waals surface area contributed by atoms with E-state index in [1.54, 1.807) is 22.3 Å². The van der Waals surface area contributed by atoms with Crippen LogP contribution in [0, 0.1) is 6.92 Å². The molecule has 2 heterocycles.